The molecule has 0 amide bonds. The van der Waals surface area contributed by atoms with Crippen molar-refractivity contribution >= 4 is 0 Å². The summed E-state index contributed by atoms with van der Waals surface area (Å²) in [6.07, 6.45) is 10.1. The van der Waals surface area contributed by atoms with E-state index in [1.54, 1.807) is 7.11 Å². The Bertz CT molecular complexity index is 635. The van der Waals surface area contributed by atoms with Gasteiger partial charge < -0.3 is 4.74 Å². The number of ether oxygens (including phenoxy) is 1. The van der Waals surface area contributed by atoms with Gasteiger partial charge >= 0.3 is 0 Å². The summed E-state index contributed by atoms with van der Waals surface area (Å²) in [6, 6.07) is 6.62. The van der Waals surface area contributed by atoms with E-state index in [-0.39, 0.29) is 0 Å². The number of allylic oxidation sites excluding steroid dienone is 5. The number of hydrogen-bond acceptors (Lipinski definition) is 1. The fraction of sp³-hybridized carbons (Fsp3) is 0.429. The number of fused-ring (bicyclic) bond motifs is 2. The standard InChI is InChI=1S/C21H26O/c1-5-7-20-15(6-2)11-16-12-17-13-18(22-4)8-9-19(17)14(3)10-21(16)20/h5-9,13-14,16,21H,2,10-12H2,1,3-4H3/b7-5-. The zero-order chi connectivity index (χ0) is 15.7. The van der Waals surface area contributed by atoms with Gasteiger partial charge in [-0.05, 0) is 78.3 Å². The van der Waals surface area contributed by atoms with Crippen LogP contribution < -0.4 is 4.74 Å². The Balaban J connectivity index is 1.98. The van der Waals surface area contributed by atoms with Crippen LogP contribution in [0.3, 0.4) is 0 Å². The van der Waals surface area contributed by atoms with Crippen molar-refractivity contribution in [1.29, 1.82) is 0 Å². The first kappa shape index (κ1) is 15.1. The van der Waals surface area contributed by atoms with Crippen LogP contribution in [0.25, 0.3) is 0 Å². The highest BCUT2D eigenvalue weighted by atomic mass is 16.5. The maximum absolute atomic E-state index is 5.43. The van der Waals surface area contributed by atoms with Gasteiger partial charge in [0, 0.05) is 0 Å². The lowest BCUT2D eigenvalue weighted by molar-refractivity contribution is 0.385. The van der Waals surface area contributed by atoms with Crippen molar-refractivity contribution in [3.63, 3.8) is 0 Å². The van der Waals surface area contributed by atoms with Crippen LogP contribution in [0.5, 0.6) is 5.75 Å². The summed E-state index contributed by atoms with van der Waals surface area (Å²) in [5.41, 5.74) is 5.96. The minimum absolute atomic E-state index is 0.598. The maximum Gasteiger partial charge on any atom is 0.119 e. The van der Waals surface area contributed by atoms with Crippen LogP contribution >= 0.6 is 0 Å². The summed E-state index contributed by atoms with van der Waals surface area (Å²) in [5, 5.41) is 0. The van der Waals surface area contributed by atoms with Crippen LogP contribution in [-0.2, 0) is 6.42 Å². The Morgan fingerprint density at radius 1 is 1.27 bits per heavy atom. The van der Waals surface area contributed by atoms with Gasteiger partial charge in [0.2, 0.25) is 0 Å². The highest BCUT2D eigenvalue weighted by molar-refractivity contribution is 5.44. The molecule has 0 aliphatic heterocycles. The largest absolute Gasteiger partial charge is 0.497 e. The monoisotopic (exact) mass is 294 g/mol. The molecule has 3 unspecified atom stereocenters. The molecule has 0 bridgehead atoms. The fourth-order valence-corrected chi connectivity index (χ4v) is 4.34. The average molecular weight is 294 g/mol. The molecule has 1 heteroatoms. The zero-order valence-corrected chi connectivity index (χ0v) is 13.9. The van der Waals surface area contributed by atoms with Gasteiger partial charge in [-0.3, -0.25) is 0 Å². The van der Waals surface area contributed by atoms with E-state index in [4.69, 9.17) is 4.74 Å². The van der Waals surface area contributed by atoms with Crippen LogP contribution in [0.2, 0.25) is 0 Å². The van der Waals surface area contributed by atoms with Crippen molar-refractivity contribution in [2.45, 2.75) is 39.0 Å². The van der Waals surface area contributed by atoms with Crippen LogP contribution in [0, 0.1) is 11.8 Å². The van der Waals surface area contributed by atoms with Gasteiger partial charge in [0.1, 0.15) is 5.75 Å². The Hall–Kier alpha value is -1.76. The molecule has 0 aromatic heterocycles. The third-order valence-corrected chi connectivity index (χ3v) is 5.38. The predicted octanol–water partition coefficient (Wildman–Crippen LogP) is 5.44. The van der Waals surface area contributed by atoms with Crippen molar-refractivity contribution in [3.8, 4) is 5.75 Å². The zero-order valence-electron chi connectivity index (χ0n) is 13.9. The summed E-state index contributed by atoms with van der Waals surface area (Å²) in [5.74, 6) is 2.95. The molecule has 0 fully saturated rings. The van der Waals surface area contributed by atoms with Gasteiger partial charge in [0.25, 0.3) is 0 Å². The number of methoxy groups -OCH3 is 1. The molecular weight excluding hydrogens is 268 g/mol. The van der Waals surface area contributed by atoms with E-state index >= 15 is 0 Å². The third kappa shape index (κ3) is 2.54. The Morgan fingerprint density at radius 2 is 2.09 bits per heavy atom. The molecule has 0 radical (unpaired) electrons. The van der Waals surface area contributed by atoms with Crippen LogP contribution in [0.15, 0.2) is 54.2 Å². The third-order valence-electron chi connectivity index (χ3n) is 5.38. The first-order chi connectivity index (χ1) is 10.7. The Labute approximate surface area is 134 Å². The van der Waals surface area contributed by atoms with Gasteiger partial charge in [-0.25, -0.2) is 0 Å². The second kappa shape index (κ2) is 6.16. The summed E-state index contributed by atoms with van der Waals surface area (Å²) < 4.78 is 5.43. The predicted molar refractivity (Wildman–Crippen MR) is 93.4 cm³/mol. The molecule has 3 atom stereocenters. The summed E-state index contributed by atoms with van der Waals surface area (Å²) >= 11 is 0. The van der Waals surface area contributed by atoms with Crippen LogP contribution in [0.1, 0.15) is 43.7 Å². The second-order valence-electron chi connectivity index (χ2n) is 6.66. The SMILES string of the molecule is C=CC1=C(/C=C\C)C2CC(C)c3ccc(OC)cc3CC2C1. The summed E-state index contributed by atoms with van der Waals surface area (Å²) in [7, 11) is 1.75. The van der Waals surface area contributed by atoms with Gasteiger partial charge in [-0.2, -0.15) is 0 Å². The van der Waals surface area contributed by atoms with E-state index in [9.17, 15) is 0 Å². The lowest BCUT2D eigenvalue weighted by Crippen LogP contribution is -2.12. The van der Waals surface area contributed by atoms with E-state index in [0.29, 0.717) is 17.8 Å². The normalized spacial score (nSPS) is 27.5. The molecule has 0 spiro atoms. The molecule has 3 rings (SSSR count). The van der Waals surface area contributed by atoms with Crippen molar-refractivity contribution in [2.75, 3.05) is 7.11 Å². The van der Waals surface area contributed by atoms with E-state index in [0.717, 1.165) is 18.6 Å². The molecule has 0 saturated heterocycles. The minimum atomic E-state index is 0.598. The lowest BCUT2D eigenvalue weighted by Gasteiger charge is -2.20. The smallest absolute Gasteiger partial charge is 0.119 e. The van der Waals surface area contributed by atoms with Crippen LogP contribution in [0.4, 0.5) is 0 Å². The number of benzene rings is 1. The highest BCUT2D eigenvalue weighted by Crippen LogP contribution is 2.48. The van der Waals surface area contributed by atoms with Gasteiger partial charge in [-0.15, -0.1) is 0 Å². The molecule has 22 heavy (non-hydrogen) atoms. The van der Waals surface area contributed by atoms with Crippen molar-refractivity contribution in [1.82, 2.24) is 0 Å². The Morgan fingerprint density at radius 3 is 2.77 bits per heavy atom. The quantitative estimate of drug-likeness (QED) is 0.721. The molecule has 1 aromatic rings. The van der Waals surface area contributed by atoms with Crippen LogP contribution in [-0.4, -0.2) is 7.11 Å². The summed E-state index contributed by atoms with van der Waals surface area (Å²) in [6.45, 7) is 8.52. The van der Waals surface area contributed by atoms with Crippen molar-refractivity contribution in [2.24, 2.45) is 11.8 Å². The van der Waals surface area contributed by atoms with Crippen molar-refractivity contribution in [3.05, 3.63) is 65.3 Å². The molecule has 2 aliphatic rings. The van der Waals surface area contributed by atoms with Gasteiger partial charge in [0.15, 0.2) is 0 Å². The summed E-state index contributed by atoms with van der Waals surface area (Å²) in [4.78, 5) is 0. The number of hydrogen-bond donors (Lipinski definition) is 0. The molecular formula is C21H26O. The molecule has 2 aliphatic carbocycles. The Kier molecular flexibility index (Phi) is 4.24. The minimum Gasteiger partial charge on any atom is -0.497 e. The molecule has 1 aromatic carbocycles. The maximum atomic E-state index is 5.43. The fourth-order valence-electron chi connectivity index (χ4n) is 4.34. The average Bonchev–Trinajstić information content (AvgIpc) is 2.77. The highest BCUT2D eigenvalue weighted by Gasteiger charge is 2.36. The first-order valence-electron chi connectivity index (χ1n) is 8.32. The molecule has 0 heterocycles. The molecule has 1 nitrogen and oxygen atoms in total. The lowest BCUT2D eigenvalue weighted by atomic mass is 9.84. The van der Waals surface area contributed by atoms with E-state index in [1.807, 2.05) is 0 Å². The molecule has 116 valence electrons. The van der Waals surface area contributed by atoms with E-state index in [2.05, 4.69) is 56.9 Å². The number of rotatable bonds is 3. The topological polar surface area (TPSA) is 9.23 Å². The van der Waals surface area contributed by atoms with Gasteiger partial charge in [-0.1, -0.05) is 37.8 Å². The first-order valence-corrected chi connectivity index (χ1v) is 8.32. The van der Waals surface area contributed by atoms with E-state index in [1.165, 1.54) is 28.7 Å². The second-order valence-corrected chi connectivity index (χ2v) is 6.66. The molecule has 0 saturated carbocycles. The van der Waals surface area contributed by atoms with Gasteiger partial charge in [0.05, 0.1) is 7.11 Å². The van der Waals surface area contributed by atoms with E-state index < -0.39 is 0 Å². The molecule has 0 N–H and O–H groups in total. The van der Waals surface area contributed by atoms with Crippen molar-refractivity contribution < 1.29 is 4.74 Å².